The summed E-state index contributed by atoms with van der Waals surface area (Å²) < 4.78 is 4.84. The summed E-state index contributed by atoms with van der Waals surface area (Å²) in [5.41, 5.74) is 1.22. The standard InChI is InChI=1S/C15H18O3/c1-18-10-15(17)13-9-12(7-8-14(13)16)11-5-3-2-4-6-11/h2-6,12-13H,7-10H2,1H3. The second kappa shape index (κ2) is 5.91. The number of carbonyl (C=O) groups is 2. The molecule has 3 nitrogen and oxygen atoms in total. The van der Waals surface area contributed by atoms with Crippen molar-refractivity contribution in [2.45, 2.75) is 25.2 Å². The minimum atomic E-state index is -0.469. The van der Waals surface area contributed by atoms with Gasteiger partial charge in [-0.3, -0.25) is 9.59 Å². The minimum Gasteiger partial charge on any atom is -0.377 e. The van der Waals surface area contributed by atoms with Crippen LogP contribution in [0.2, 0.25) is 0 Å². The maximum atomic E-state index is 11.8. The number of Topliss-reactive ketones (excluding diaryl/α,β-unsaturated/α-hetero) is 2. The summed E-state index contributed by atoms with van der Waals surface area (Å²) >= 11 is 0. The molecule has 0 aliphatic heterocycles. The third kappa shape index (κ3) is 2.85. The first kappa shape index (κ1) is 13.0. The van der Waals surface area contributed by atoms with Crippen molar-refractivity contribution in [2.75, 3.05) is 13.7 Å². The van der Waals surface area contributed by atoms with Gasteiger partial charge in [-0.1, -0.05) is 30.3 Å². The van der Waals surface area contributed by atoms with E-state index in [1.807, 2.05) is 18.2 Å². The largest absolute Gasteiger partial charge is 0.377 e. The Morgan fingerprint density at radius 3 is 2.72 bits per heavy atom. The van der Waals surface area contributed by atoms with E-state index in [9.17, 15) is 9.59 Å². The van der Waals surface area contributed by atoms with Gasteiger partial charge in [0.2, 0.25) is 0 Å². The molecule has 0 bridgehead atoms. The van der Waals surface area contributed by atoms with Crippen molar-refractivity contribution in [3.8, 4) is 0 Å². The van der Waals surface area contributed by atoms with Gasteiger partial charge in [0.1, 0.15) is 12.4 Å². The Morgan fingerprint density at radius 1 is 1.33 bits per heavy atom. The fraction of sp³-hybridized carbons (Fsp3) is 0.467. The predicted molar refractivity (Wildman–Crippen MR) is 68.4 cm³/mol. The monoisotopic (exact) mass is 246 g/mol. The molecule has 0 N–H and O–H groups in total. The molecule has 2 rings (SSSR count). The van der Waals surface area contributed by atoms with Crippen LogP contribution in [0, 0.1) is 5.92 Å². The minimum absolute atomic E-state index is 0.0396. The molecule has 2 atom stereocenters. The Hall–Kier alpha value is -1.48. The third-order valence-corrected chi connectivity index (χ3v) is 3.59. The molecule has 1 aliphatic carbocycles. The first-order valence-electron chi connectivity index (χ1n) is 6.31. The van der Waals surface area contributed by atoms with E-state index >= 15 is 0 Å². The molecule has 1 fully saturated rings. The van der Waals surface area contributed by atoms with Crippen LogP contribution in [-0.2, 0) is 14.3 Å². The zero-order valence-corrected chi connectivity index (χ0v) is 10.6. The molecule has 2 unspecified atom stereocenters. The van der Waals surface area contributed by atoms with Gasteiger partial charge in [-0.2, -0.15) is 0 Å². The number of hydrogen-bond acceptors (Lipinski definition) is 3. The van der Waals surface area contributed by atoms with Crippen LogP contribution >= 0.6 is 0 Å². The Bertz CT molecular complexity index is 425. The molecule has 3 heteroatoms. The highest BCUT2D eigenvalue weighted by molar-refractivity contribution is 6.03. The van der Waals surface area contributed by atoms with E-state index in [2.05, 4.69) is 12.1 Å². The smallest absolute Gasteiger partial charge is 0.168 e. The van der Waals surface area contributed by atoms with Gasteiger partial charge in [0.05, 0.1) is 5.92 Å². The molecule has 0 heterocycles. The summed E-state index contributed by atoms with van der Waals surface area (Å²) in [4.78, 5) is 23.7. The van der Waals surface area contributed by atoms with Crippen LogP contribution in [0.1, 0.15) is 30.7 Å². The highest BCUT2D eigenvalue weighted by atomic mass is 16.5. The molecule has 0 radical (unpaired) electrons. The predicted octanol–water partition coefficient (Wildman–Crippen LogP) is 2.35. The van der Waals surface area contributed by atoms with Crippen molar-refractivity contribution >= 4 is 11.6 Å². The second-order valence-corrected chi connectivity index (χ2v) is 4.80. The van der Waals surface area contributed by atoms with Crippen LogP contribution in [0.4, 0.5) is 0 Å². The van der Waals surface area contributed by atoms with Crippen molar-refractivity contribution in [1.29, 1.82) is 0 Å². The zero-order chi connectivity index (χ0) is 13.0. The average Bonchev–Trinajstić information content (AvgIpc) is 2.40. The van der Waals surface area contributed by atoms with Gasteiger partial charge >= 0.3 is 0 Å². The van der Waals surface area contributed by atoms with Crippen LogP contribution in [0.5, 0.6) is 0 Å². The van der Waals surface area contributed by atoms with Crippen LogP contribution in [0.25, 0.3) is 0 Å². The zero-order valence-electron chi connectivity index (χ0n) is 10.6. The van der Waals surface area contributed by atoms with Gasteiger partial charge < -0.3 is 4.74 Å². The Kier molecular flexibility index (Phi) is 4.26. The van der Waals surface area contributed by atoms with Crippen molar-refractivity contribution in [3.05, 3.63) is 35.9 Å². The van der Waals surface area contributed by atoms with Crippen molar-refractivity contribution in [1.82, 2.24) is 0 Å². The number of methoxy groups -OCH3 is 1. The normalized spacial score (nSPS) is 23.9. The molecular weight excluding hydrogens is 228 g/mol. The van der Waals surface area contributed by atoms with E-state index in [1.54, 1.807) is 0 Å². The van der Waals surface area contributed by atoms with Crippen molar-refractivity contribution in [3.63, 3.8) is 0 Å². The van der Waals surface area contributed by atoms with E-state index in [0.717, 1.165) is 6.42 Å². The summed E-state index contributed by atoms with van der Waals surface area (Å²) in [7, 11) is 1.49. The van der Waals surface area contributed by atoms with E-state index in [4.69, 9.17) is 4.74 Å². The number of hydrogen-bond donors (Lipinski definition) is 0. The Balaban J connectivity index is 2.09. The number of ketones is 2. The van der Waals surface area contributed by atoms with E-state index in [1.165, 1.54) is 12.7 Å². The maximum absolute atomic E-state index is 11.8. The van der Waals surface area contributed by atoms with Gasteiger partial charge in [0, 0.05) is 13.5 Å². The Morgan fingerprint density at radius 2 is 2.06 bits per heavy atom. The molecule has 1 aromatic rings. The van der Waals surface area contributed by atoms with Gasteiger partial charge in [-0.05, 0) is 24.3 Å². The molecule has 0 amide bonds. The van der Waals surface area contributed by atoms with Crippen LogP contribution < -0.4 is 0 Å². The van der Waals surface area contributed by atoms with Gasteiger partial charge in [-0.15, -0.1) is 0 Å². The van der Waals surface area contributed by atoms with Crippen molar-refractivity contribution in [2.24, 2.45) is 5.92 Å². The Labute approximate surface area is 107 Å². The SMILES string of the molecule is COCC(=O)C1CC(c2ccccc2)CCC1=O. The maximum Gasteiger partial charge on any atom is 0.168 e. The van der Waals surface area contributed by atoms with E-state index in [-0.39, 0.29) is 18.2 Å². The molecule has 1 saturated carbocycles. The first-order chi connectivity index (χ1) is 8.72. The fourth-order valence-corrected chi connectivity index (χ4v) is 2.61. The summed E-state index contributed by atoms with van der Waals surface area (Å²) in [6.45, 7) is 0.0396. The average molecular weight is 246 g/mol. The molecule has 0 saturated heterocycles. The fourth-order valence-electron chi connectivity index (χ4n) is 2.61. The third-order valence-electron chi connectivity index (χ3n) is 3.59. The number of ether oxygens (including phenoxy) is 1. The number of rotatable bonds is 4. The summed E-state index contributed by atoms with van der Waals surface area (Å²) in [6.07, 6.45) is 1.98. The highest BCUT2D eigenvalue weighted by Gasteiger charge is 2.33. The van der Waals surface area contributed by atoms with Gasteiger partial charge in [0.15, 0.2) is 5.78 Å². The van der Waals surface area contributed by atoms with Crippen LogP contribution in [0.15, 0.2) is 30.3 Å². The summed E-state index contributed by atoms with van der Waals surface area (Å²) in [5, 5.41) is 0. The summed E-state index contributed by atoms with van der Waals surface area (Å²) in [6, 6.07) is 10.1. The molecule has 96 valence electrons. The molecule has 0 aromatic heterocycles. The van der Waals surface area contributed by atoms with E-state index < -0.39 is 5.92 Å². The number of benzene rings is 1. The molecule has 18 heavy (non-hydrogen) atoms. The molecular formula is C15H18O3. The van der Waals surface area contributed by atoms with Crippen LogP contribution in [0.3, 0.4) is 0 Å². The van der Waals surface area contributed by atoms with Gasteiger partial charge in [-0.25, -0.2) is 0 Å². The number of carbonyl (C=O) groups excluding carboxylic acids is 2. The lowest BCUT2D eigenvalue weighted by atomic mass is 9.76. The molecule has 1 aromatic carbocycles. The first-order valence-corrected chi connectivity index (χ1v) is 6.31. The lowest BCUT2D eigenvalue weighted by Crippen LogP contribution is -2.32. The van der Waals surface area contributed by atoms with Crippen molar-refractivity contribution < 1.29 is 14.3 Å². The quantitative estimate of drug-likeness (QED) is 0.766. The lowest BCUT2D eigenvalue weighted by molar-refractivity contribution is -0.136. The lowest BCUT2D eigenvalue weighted by Gasteiger charge is -2.27. The summed E-state index contributed by atoms with van der Waals surface area (Å²) in [5.74, 6) is -0.161. The topological polar surface area (TPSA) is 43.4 Å². The van der Waals surface area contributed by atoms with Crippen LogP contribution in [-0.4, -0.2) is 25.3 Å². The van der Waals surface area contributed by atoms with E-state index in [0.29, 0.717) is 18.8 Å². The second-order valence-electron chi connectivity index (χ2n) is 4.80. The molecule has 1 aliphatic rings. The van der Waals surface area contributed by atoms with Gasteiger partial charge in [0.25, 0.3) is 0 Å². The highest BCUT2D eigenvalue weighted by Crippen LogP contribution is 2.34. The molecule has 0 spiro atoms.